The molecule has 1 rings (SSSR count). The largest absolute Gasteiger partial charge is 0.380 e. The molecule has 0 aromatic heterocycles. The Kier molecular flexibility index (Phi) is 7.49. The Bertz CT molecular complexity index is 500. The Hall–Kier alpha value is -1.30. The van der Waals surface area contributed by atoms with Gasteiger partial charge in [-0.3, -0.25) is 0 Å². The fraction of sp³-hybridized carbons (Fsp3) is 0.474. The van der Waals surface area contributed by atoms with Gasteiger partial charge in [0.2, 0.25) is 0 Å². The van der Waals surface area contributed by atoms with Crippen molar-refractivity contribution >= 4 is 8.07 Å². The minimum atomic E-state index is -1.37. The standard InChI is InChI=1S/C19H28OSi/c1-17(9-8-12-18-10-6-5-7-11-18)13-14-19(20)15-16-21(2,3)4/h5-7,9-11,19-20H,8,12-14H2,1-4H3/b17-9+/t19-/m1/s1. The fourth-order valence-electron chi connectivity index (χ4n) is 1.97. The first-order valence-electron chi connectivity index (χ1n) is 7.77. The molecule has 0 bridgehead atoms. The molecule has 1 nitrogen and oxygen atoms in total. The molecule has 0 saturated heterocycles. The second-order valence-electron chi connectivity index (χ2n) is 6.65. The van der Waals surface area contributed by atoms with Crippen LogP contribution in [0.5, 0.6) is 0 Å². The van der Waals surface area contributed by atoms with E-state index in [1.165, 1.54) is 11.1 Å². The molecule has 0 spiro atoms. The normalized spacial score (nSPS) is 13.5. The number of hydrogen-bond acceptors (Lipinski definition) is 1. The third-order valence-electron chi connectivity index (χ3n) is 3.19. The van der Waals surface area contributed by atoms with Gasteiger partial charge in [-0.25, -0.2) is 0 Å². The average Bonchev–Trinajstić information content (AvgIpc) is 2.43. The first-order chi connectivity index (χ1) is 9.87. The lowest BCUT2D eigenvalue weighted by Gasteiger charge is -2.07. The minimum Gasteiger partial charge on any atom is -0.380 e. The van der Waals surface area contributed by atoms with Crippen molar-refractivity contribution in [3.05, 3.63) is 47.5 Å². The summed E-state index contributed by atoms with van der Waals surface area (Å²) in [6.07, 6.45) is 5.62. The number of aliphatic hydroxyl groups is 1. The van der Waals surface area contributed by atoms with Crippen molar-refractivity contribution in [1.29, 1.82) is 0 Å². The second kappa shape index (κ2) is 8.87. The molecular weight excluding hydrogens is 272 g/mol. The van der Waals surface area contributed by atoms with E-state index in [-0.39, 0.29) is 0 Å². The topological polar surface area (TPSA) is 20.2 Å². The summed E-state index contributed by atoms with van der Waals surface area (Å²) in [6.45, 7) is 8.73. The summed E-state index contributed by atoms with van der Waals surface area (Å²) < 4.78 is 0. The fourth-order valence-corrected chi connectivity index (χ4v) is 2.57. The first-order valence-corrected chi connectivity index (χ1v) is 11.3. The summed E-state index contributed by atoms with van der Waals surface area (Å²) in [5.74, 6) is 3.00. The zero-order valence-corrected chi connectivity index (χ0v) is 14.8. The maximum atomic E-state index is 9.89. The van der Waals surface area contributed by atoms with Gasteiger partial charge in [-0.05, 0) is 38.2 Å². The van der Waals surface area contributed by atoms with Gasteiger partial charge >= 0.3 is 0 Å². The summed E-state index contributed by atoms with van der Waals surface area (Å²) in [4.78, 5) is 0. The second-order valence-corrected chi connectivity index (χ2v) is 11.4. The highest BCUT2D eigenvalue weighted by Crippen LogP contribution is 2.10. The van der Waals surface area contributed by atoms with Crippen LogP contribution >= 0.6 is 0 Å². The summed E-state index contributed by atoms with van der Waals surface area (Å²) in [5, 5.41) is 9.89. The minimum absolute atomic E-state index is 0.478. The van der Waals surface area contributed by atoms with Crippen molar-refractivity contribution in [3.63, 3.8) is 0 Å². The van der Waals surface area contributed by atoms with Gasteiger partial charge in [-0.1, -0.05) is 67.5 Å². The van der Waals surface area contributed by atoms with Crippen LogP contribution in [0.4, 0.5) is 0 Å². The predicted molar refractivity (Wildman–Crippen MR) is 94.9 cm³/mol. The molecule has 1 atom stereocenters. The molecule has 0 radical (unpaired) electrons. The third-order valence-corrected chi connectivity index (χ3v) is 4.09. The van der Waals surface area contributed by atoms with Gasteiger partial charge in [0, 0.05) is 0 Å². The Balaban J connectivity index is 2.31. The van der Waals surface area contributed by atoms with Gasteiger partial charge in [-0.2, -0.15) is 0 Å². The molecule has 21 heavy (non-hydrogen) atoms. The van der Waals surface area contributed by atoms with Crippen molar-refractivity contribution in [3.8, 4) is 11.5 Å². The first kappa shape index (κ1) is 17.7. The third kappa shape index (κ3) is 9.28. The molecule has 1 aromatic rings. The molecular formula is C19H28OSi. The monoisotopic (exact) mass is 300 g/mol. The lowest BCUT2D eigenvalue weighted by molar-refractivity contribution is 0.222. The van der Waals surface area contributed by atoms with Crippen molar-refractivity contribution in [2.24, 2.45) is 0 Å². The number of allylic oxidation sites excluding steroid dienone is 2. The highest BCUT2D eigenvalue weighted by Gasteiger charge is 2.08. The van der Waals surface area contributed by atoms with Gasteiger partial charge in [0.25, 0.3) is 0 Å². The zero-order valence-electron chi connectivity index (χ0n) is 13.8. The molecule has 0 aliphatic heterocycles. The van der Waals surface area contributed by atoms with Crippen molar-refractivity contribution < 1.29 is 5.11 Å². The SMILES string of the molecule is C/C(=C\CCc1ccccc1)CC[C@@H](O)C#C[Si](C)(C)C. The van der Waals surface area contributed by atoms with Crippen LogP contribution in [0.15, 0.2) is 42.0 Å². The average molecular weight is 301 g/mol. The quantitative estimate of drug-likeness (QED) is 0.463. The van der Waals surface area contributed by atoms with Crippen molar-refractivity contribution in [1.82, 2.24) is 0 Å². The molecule has 0 amide bonds. The van der Waals surface area contributed by atoms with Crippen LogP contribution in [-0.4, -0.2) is 19.3 Å². The van der Waals surface area contributed by atoms with Crippen LogP contribution < -0.4 is 0 Å². The van der Waals surface area contributed by atoms with Crippen LogP contribution in [0, 0.1) is 11.5 Å². The summed E-state index contributed by atoms with van der Waals surface area (Å²) in [6, 6.07) is 10.5. The van der Waals surface area contributed by atoms with E-state index in [4.69, 9.17) is 0 Å². The predicted octanol–water partition coefficient (Wildman–Crippen LogP) is 4.59. The van der Waals surface area contributed by atoms with E-state index in [0.29, 0.717) is 0 Å². The van der Waals surface area contributed by atoms with Crippen molar-refractivity contribution in [2.45, 2.75) is 58.4 Å². The lowest BCUT2D eigenvalue weighted by atomic mass is 10.0. The Labute approximate surface area is 131 Å². The van der Waals surface area contributed by atoms with E-state index in [1.807, 2.05) is 6.07 Å². The van der Waals surface area contributed by atoms with Gasteiger partial charge in [0.05, 0.1) is 0 Å². The maximum absolute atomic E-state index is 9.89. The van der Waals surface area contributed by atoms with Crippen LogP contribution in [0.25, 0.3) is 0 Å². The summed E-state index contributed by atoms with van der Waals surface area (Å²) in [5.41, 5.74) is 5.95. The van der Waals surface area contributed by atoms with Gasteiger partial charge in [-0.15, -0.1) is 5.54 Å². The molecule has 0 heterocycles. The molecule has 0 unspecified atom stereocenters. The van der Waals surface area contributed by atoms with Gasteiger partial charge in [0.15, 0.2) is 0 Å². The molecule has 0 saturated carbocycles. The smallest absolute Gasteiger partial charge is 0.129 e. The lowest BCUT2D eigenvalue weighted by Crippen LogP contribution is -2.17. The summed E-state index contributed by atoms with van der Waals surface area (Å²) in [7, 11) is -1.37. The van der Waals surface area contributed by atoms with E-state index in [1.54, 1.807) is 0 Å². The molecule has 114 valence electrons. The van der Waals surface area contributed by atoms with Crippen LogP contribution in [-0.2, 0) is 6.42 Å². The number of rotatable bonds is 6. The zero-order chi connectivity index (χ0) is 15.7. The van der Waals surface area contributed by atoms with E-state index in [0.717, 1.165) is 25.7 Å². The number of aryl methyl sites for hydroxylation is 1. The van der Waals surface area contributed by atoms with E-state index in [2.05, 4.69) is 68.4 Å². The van der Waals surface area contributed by atoms with E-state index >= 15 is 0 Å². The van der Waals surface area contributed by atoms with Crippen LogP contribution in [0.3, 0.4) is 0 Å². The van der Waals surface area contributed by atoms with Gasteiger partial charge < -0.3 is 5.11 Å². The van der Waals surface area contributed by atoms with Crippen LogP contribution in [0.1, 0.15) is 31.7 Å². The molecule has 1 aromatic carbocycles. The van der Waals surface area contributed by atoms with E-state index < -0.39 is 14.2 Å². The van der Waals surface area contributed by atoms with Gasteiger partial charge in [0.1, 0.15) is 14.2 Å². The van der Waals surface area contributed by atoms with E-state index in [9.17, 15) is 5.11 Å². The van der Waals surface area contributed by atoms with Crippen LogP contribution in [0.2, 0.25) is 19.6 Å². The Morgan fingerprint density at radius 1 is 1.24 bits per heavy atom. The molecule has 0 aliphatic rings. The highest BCUT2D eigenvalue weighted by molar-refractivity contribution is 6.83. The molecule has 2 heteroatoms. The molecule has 1 N–H and O–H groups in total. The number of aliphatic hydroxyl groups excluding tert-OH is 1. The maximum Gasteiger partial charge on any atom is 0.129 e. The van der Waals surface area contributed by atoms with Crippen molar-refractivity contribution in [2.75, 3.05) is 0 Å². The Morgan fingerprint density at radius 2 is 1.90 bits per heavy atom. The molecule has 0 aliphatic carbocycles. The Morgan fingerprint density at radius 3 is 2.52 bits per heavy atom. The summed E-state index contributed by atoms with van der Waals surface area (Å²) >= 11 is 0. The number of hydrogen-bond donors (Lipinski definition) is 1. The highest BCUT2D eigenvalue weighted by atomic mass is 28.3. The number of benzene rings is 1. The molecule has 0 fully saturated rings.